The third-order valence-electron chi connectivity index (χ3n) is 6.19. The van der Waals surface area contributed by atoms with Gasteiger partial charge in [-0.05, 0) is 37.5 Å². The van der Waals surface area contributed by atoms with Crippen LogP contribution in [0.15, 0.2) is 0 Å². The van der Waals surface area contributed by atoms with Crippen LogP contribution in [0.4, 0.5) is 0 Å². The summed E-state index contributed by atoms with van der Waals surface area (Å²) >= 11 is 0. The topological polar surface area (TPSA) is 86.7 Å². The van der Waals surface area contributed by atoms with Crippen molar-refractivity contribution in [3.05, 3.63) is 0 Å². The zero-order chi connectivity index (χ0) is 14.9. The van der Waals surface area contributed by atoms with Crippen molar-refractivity contribution in [3.63, 3.8) is 0 Å². The van der Waals surface area contributed by atoms with Gasteiger partial charge < -0.3 is 5.21 Å². The maximum Gasteiger partial charge on any atom is 0.255 e. The Morgan fingerprint density at radius 1 is 1.45 bits per heavy atom. The lowest BCUT2D eigenvalue weighted by atomic mass is 9.69. The van der Waals surface area contributed by atoms with Crippen molar-refractivity contribution in [1.82, 2.24) is 9.79 Å². The van der Waals surface area contributed by atoms with E-state index in [1.54, 1.807) is 0 Å². The molecule has 2 aliphatic carbocycles. The third-order valence-corrected chi connectivity index (χ3v) is 8.11. The molecule has 0 unspecified atom stereocenters. The number of nitrogens with zero attached hydrogens (tertiary/aromatic N) is 1. The Balaban J connectivity index is 2.05. The number of amides is 1. The van der Waals surface area contributed by atoms with Crippen molar-refractivity contribution in [2.45, 2.75) is 52.1 Å². The minimum atomic E-state index is -3.58. The molecule has 1 aliphatic heterocycles. The van der Waals surface area contributed by atoms with Gasteiger partial charge in [0.2, 0.25) is 10.0 Å². The quantitative estimate of drug-likeness (QED) is 0.580. The highest BCUT2D eigenvalue weighted by molar-refractivity contribution is 7.90. The minimum absolute atomic E-state index is 0.0460. The number of nitrogens with one attached hydrogen (secondary N) is 1. The van der Waals surface area contributed by atoms with Crippen molar-refractivity contribution in [2.75, 3.05) is 5.75 Å². The van der Waals surface area contributed by atoms with Crippen molar-refractivity contribution in [2.24, 2.45) is 16.7 Å². The number of hydrogen-bond donors (Lipinski definition) is 2. The molecule has 6 nitrogen and oxygen atoms in total. The highest BCUT2D eigenvalue weighted by Gasteiger charge is 2.72. The summed E-state index contributed by atoms with van der Waals surface area (Å²) in [5.74, 6) is 0.00586. The van der Waals surface area contributed by atoms with Gasteiger partial charge in [-0.2, -0.15) is 5.48 Å². The number of fused-ring (bicyclic) bond motifs is 1. The molecule has 0 aromatic rings. The number of rotatable bonds is 2. The number of hydroxylamine groups is 1. The molecule has 20 heavy (non-hydrogen) atoms. The lowest BCUT2D eigenvalue weighted by Gasteiger charge is -2.37. The number of carbonyl (C=O) groups excluding carboxylic acids is 1. The van der Waals surface area contributed by atoms with Gasteiger partial charge >= 0.3 is 0 Å². The van der Waals surface area contributed by atoms with E-state index in [9.17, 15) is 13.2 Å². The van der Waals surface area contributed by atoms with Crippen LogP contribution in [0, 0.1) is 16.7 Å². The van der Waals surface area contributed by atoms with Gasteiger partial charge in [-0.3, -0.25) is 4.79 Å². The van der Waals surface area contributed by atoms with Gasteiger partial charge in [-0.1, -0.05) is 13.8 Å². The van der Waals surface area contributed by atoms with E-state index in [1.165, 1.54) is 6.92 Å². The minimum Gasteiger partial charge on any atom is -0.316 e. The maximum absolute atomic E-state index is 12.5. The first-order valence-corrected chi connectivity index (χ1v) is 8.74. The molecule has 1 heterocycles. The summed E-state index contributed by atoms with van der Waals surface area (Å²) in [7, 11) is -3.58. The second kappa shape index (κ2) is 3.96. The Morgan fingerprint density at radius 2 is 2.10 bits per heavy atom. The lowest BCUT2D eigenvalue weighted by molar-refractivity contribution is -0.133. The van der Waals surface area contributed by atoms with Gasteiger partial charge in [0.1, 0.15) is 6.04 Å². The fraction of sp³-hybridized carbons (Fsp3) is 0.923. The van der Waals surface area contributed by atoms with Gasteiger partial charge in [-0.15, -0.1) is 0 Å². The Bertz CT molecular complexity index is 559. The molecule has 2 saturated carbocycles. The Labute approximate surface area is 119 Å². The summed E-state index contributed by atoms with van der Waals surface area (Å²) in [6.45, 7) is 5.75. The van der Waals surface area contributed by atoms with E-state index in [0.717, 1.165) is 23.6 Å². The molecule has 114 valence electrons. The number of hydrogen-bond acceptors (Lipinski definition) is 5. The van der Waals surface area contributed by atoms with Crippen molar-refractivity contribution >= 4 is 15.9 Å². The highest BCUT2D eigenvalue weighted by atomic mass is 32.2. The lowest BCUT2D eigenvalue weighted by Crippen LogP contribution is -2.50. The summed E-state index contributed by atoms with van der Waals surface area (Å²) in [5, 5.41) is 8.92. The zero-order valence-corrected chi connectivity index (χ0v) is 12.9. The third kappa shape index (κ3) is 1.46. The largest absolute Gasteiger partial charge is 0.316 e. The summed E-state index contributed by atoms with van der Waals surface area (Å²) in [6.07, 6.45) is 2.68. The molecule has 7 heteroatoms. The van der Waals surface area contributed by atoms with Gasteiger partial charge in [0, 0.05) is 5.41 Å². The summed E-state index contributed by atoms with van der Waals surface area (Å²) in [5.41, 5.74) is 1.52. The molecular formula is C13H22N2O4S. The summed E-state index contributed by atoms with van der Waals surface area (Å²) < 4.78 is 26.1. The Kier molecular flexibility index (Phi) is 2.82. The van der Waals surface area contributed by atoms with Crippen LogP contribution >= 0.6 is 0 Å². The standard InChI is InChI=1S/C13H22N2O4S/c1-8(14-17)11(16)15-10-6-9-4-5-13(10,12(9,2)3)7-20(15,18)19/h8-10,14,17H,4-7H2,1-3H3/t8-,9-,10-,13-/m0/s1/i14+1. The van der Waals surface area contributed by atoms with E-state index in [-0.39, 0.29) is 22.6 Å². The first-order valence-electron chi connectivity index (χ1n) is 7.13. The Hall–Kier alpha value is -0.660. The summed E-state index contributed by atoms with van der Waals surface area (Å²) in [4.78, 5) is 12.3. The van der Waals surface area contributed by atoms with Crippen molar-refractivity contribution in [3.8, 4) is 0 Å². The first-order chi connectivity index (χ1) is 9.17. The van der Waals surface area contributed by atoms with Gasteiger partial charge in [0.05, 0.1) is 11.8 Å². The molecule has 1 saturated heterocycles. The highest BCUT2D eigenvalue weighted by Crippen LogP contribution is 2.69. The van der Waals surface area contributed by atoms with Gasteiger partial charge in [0.15, 0.2) is 0 Å². The smallest absolute Gasteiger partial charge is 0.255 e. The van der Waals surface area contributed by atoms with Crippen LogP contribution in [0.3, 0.4) is 0 Å². The van der Waals surface area contributed by atoms with Gasteiger partial charge in [0.25, 0.3) is 5.91 Å². The van der Waals surface area contributed by atoms with Crippen LogP contribution in [0.1, 0.15) is 40.0 Å². The van der Waals surface area contributed by atoms with E-state index in [0.29, 0.717) is 5.92 Å². The van der Waals surface area contributed by atoms with Crippen LogP contribution < -0.4 is 5.48 Å². The van der Waals surface area contributed by atoms with Crippen LogP contribution in [0.5, 0.6) is 0 Å². The van der Waals surface area contributed by atoms with E-state index in [2.05, 4.69) is 13.8 Å². The first kappa shape index (κ1) is 14.3. The zero-order valence-electron chi connectivity index (χ0n) is 12.1. The molecule has 2 bridgehead atoms. The molecule has 1 spiro atoms. The molecule has 2 N–H and O–H groups in total. The fourth-order valence-corrected chi connectivity index (χ4v) is 7.43. The van der Waals surface area contributed by atoms with Crippen LogP contribution in [0.25, 0.3) is 0 Å². The second-order valence-corrected chi connectivity index (χ2v) is 8.95. The number of sulfonamides is 1. The molecule has 3 rings (SSSR count). The molecule has 0 aromatic carbocycles. The fourth-order valence-electron chi connectivity index (χ4n) is 4.83. The van der Waals surface area contributed by atoms with Crippen LogP contribution in [-0.4, -0.2) is 41.7 Å². The summed E-state index contributed by atoms with van der Waals surface area (Å²) in [6, 6.07) is -1.13. The molecule has 3 aliphatic rings. The molecule has 0 radical (unpaired) electrons. The SMILES string of the molecule is C[C@H]([15NH]O)C(=O)N1[C@H]2C[C@@H]3CC[C@@]2(CS1(=O)=O)C3(C)C. The number of carbonyl (C=O) groups is 1. The van der Waals surface area contributed by atoms with E-state index < -0.39 is 22.0 Å². The average Bonchev–Trinajstić information content (AvgIpc) is 2.83. The normalized spacial score (nSPS) is 41.7. The van der Waals surface area contributed by atoms with Crippen LogP contribution in [-0.2, 0) is 14.8 Å². The van der Waals surface area contributed by atoms with E-state index >= 15 is 0 Å². The Morgan fingerprint density at radius 3 is 2.65 bits per heavy atom. The predicted molar refractivity (Wildman–Crippen MR) is 72.4 cm³/mol. The van der Waals surface area contributed by atoms with Crippen LogP contribution in [0.2, 0.25) is 0 Å². The predicted octanol–water partition coefficient (Wildman–Crippen LogP) is 0.721. The van der Waals surface area contributed by atoms with E-state index in [1.807, 2.05) is 5.48 Å². The molecule has 0 aromatic heterocycles. The maximum atomic E-state index is 12.5. The van der Waals surface area contributed by atoms with Gasteiger partial charge in [-0.25, -0.2) is 12.7 Å². The monoisotopic (exact) mass is 303 g/mol. The van der Waals surface area contributed by atoms with Crippen molar-refractivity contribution in [1.29, 1.82) is 0 Å². The van der Waals surface area contributed by atoms with E-state index in [4.69, 9.17) is 5.21 Å². The molecule has 1 amide bonds. The molecular weight excluding hydrogens is 281 g/mol. The van der Waals surface area contributed by atoms with Crippen molar-refractivity contribution < 1.29 is 18.4 Å². The molecule has 3 fully saturated rings. The average molecular weight is 303 g/mol. The molecule has 4 atom stereocenters. The second-order valence-electron chi connectivity index (χ2n) is 7.11.